The van der Waals surface area contributed by atoms with E-state index in [2.05, 4.69) is 10.3 Å². The normalized spacial score (nSPS) is 10.4. The maximum absolute atomic E-state index is 12.7. The lowest BCUT2D eigenvalue weighted by molar-refractivity contribution is -0.113. The van der Waals surface area contributed by atoms with Gasteiger partial charge in [0.25, 0.3) is 5.56 Å². The monoisotopic (exact) mass is 427 g/mol. The van der Waals surface area contributed by atoms with Gasteiger partial charge >= 0.3 is 0 Å². The highest BCUT2D eigenvalue weighted by molar-refractivity contribution is 7.99. The van der Waals surface area contributed by atoms with Crippen LogP contribution in [0.3, 0.4) is 0 Å². The van der Waals surface area contributed by atoms with Gasteiger partial charge in [0.2, 0.25) is 5.91 Å². The van der Waals surface area contributed by atoms with Crippen molar-refractivity contribution in [3.63, 3.8) is 0 Å². The van der Waals surface area contributed by atoms with Crippen LogP contribution in [0.4, 0.5) is 5.69 Å². The number of nitrogens with one attached hydrogen (secondary N) is 1. The van der Waals surface area contributed by atoms with E-state index >= 15 is 0 Å². The number of thioether (sulfide) groups is 1. The summed E-state index contributed by atoms with van der Waals surface area (Å²) in [7, 11) is 4.64. The number of amides is 1. The van der Waals surface area contributed by atoms with E-state index < -0.39 is 0 Å². The Labute approximate surface area is 177 Å². The van der Waals surface area contributed by atoms with Gasteiger partial charge in [-0.2, -0.15) is 0 Å². The van der Waals surface area contributed by atoms with Crippen LogP contribution in [0.5, 0.6) is 17.2 Å². The molecule has 0 saturated heterocycles. The van der Waals surface area contributed by atoms with E-state index in [9.17, 15) is 9.59 Å². The van der Waals surface area contributed by atoms with E-state index in [4.69, 9.17) is 14.2 Å². The van der Waals surface area contributed by atoms with Crippen molar-refractivity contribution in [3.05, 3.63) is 65.2 Å². The molecule has 0 saturated carbocycles. The summed E-state index contributed by atoms with van der Waals surface area (Å²) in [6.45, 7) is 0. The number of hydrogen-bond acceptors (Lipinski definition) is 7. The molecule has 0 radical (unpaired) electrons. The van der Waals surface area contributed by atoms with Gasteiger partial charge in [0, 0.05) is 24.1 Å². The van der Waals surface area contributed by atoms with E-state index in [1.807, 2.05) is 0 Å². The first-order valence-corrected chi connectivity index (χ1v) is 9.91. The molecule has 0 bridgehead atoms. The number of hydrogen-bond donors (Lipinski definition) is 1. The van der Waals surface area contributed by atoms with Crippen molar-refractivity contribution in [2.45, 2.75) is 5.03 Å². The maximum atomic E-state index is 12.7. The number of rotatable bonds is 8. The highest BCUT2D eigenvalue weighted by atomic mass is 32.2. The van der Waals surface area contributed by atoms with Gasteiger partial charge < -0.3 is 19.5 Å². The van der Waals surface area contributed by atoms with Crippen LogP contribution in [0.1, 0.15) is 0 Å². The van der Waals surface area contributed by atoms with Crippen LogP contribution >= 0.6 is 11.8 Å². The molecule has 1 aromatic heterocycles. The van der Waals surface area contributed by atoms with Gasteiger partial charge in [0.15, 0.2) is 5.03 Å². The highest BCUT2D eigenvalue weighted by Gasteiger charge is 2.13. The summed E-state index contributed by atoms with van der Waals surface area (Å²) in [5.74, 6) is 1.52. The van der Waals surface area contributed by atoms with Gasteiger partial charge in [0.05, 0.1) is 32.8 Å². The molecule has 0 spiro atoms. The van der Waals surface area contributed by atoms with E-state index in [1.165, 1.54) is 17.9 Å². The summed E-state index contributed by atoms with van der Waals surface area (Å²) in [5.41, 5.74) is 0.889. The van der Waals surface area contributed by atoms with Crippen molar-refractivity contribution in [1.29, 1.82) is 0 Å². The van der Waals surface area contributed by atoms with Crippen molar-refractivity contribution in [3.8, 4) is 22.9 Å². The Bertz CT molecular complexity index is 1080. The maximum Gasteiger partial charge on any atom is 0.287 e. The zero-order valence-corrected chi connectivity index (χ0v) is 17.6. The third kappa shape index (κ3) is 4.93. The second-order valence-corrected chi connectivity index (χ2v) is 6.97. The summed E-state index contributed by atoms with van der Waals surface area (Å²) < 4.78 is 17.0. The van der Waals surface area contributed by atoms with Crippen LogP contribution in [0.2, 0.25) is 0 Å². The molecule has 1 N–H and O–H groups in total. The molecule has 1 amide bonds. The first-order valence-electron chi connectivity index (χ1n) is 8.92. The Morgan fingerprint density at radius 2 is 1.73 bits per heavy atom. The SMILES string of the molecule is COc1ccc(-n2ccnc(SCC(=O)Nc3ccc(OC)cc3OC)c2=O)cc1. The fraction of sp³-hybridized carbons (Fsp3) is 0.190. The average molecular weight is 427 g/mol. The fourth-order valence-corrected chi connectivity index (χ4v) is 3.36. The number of benzene rings is 2. The number of aromatic nitrogens is 2. The number of anilines is 1. The fourth-order valence-electron chi connectivity index (χ4n) is 2.66. The van der Waals surface area contributed by atoms with Crippen molar-refractivity contribution >= 4 is 23.4 Å². The number of ether oxygens (including phenoxy) is 3. The zero-order valence-electron chi connectivity index (χ0n) is 16.7. The smallest absolute Gasteiger partial charge is 0.287 e. The minimum Gasteiger partial charge on any atom is -0.497 e. The second kappa shape index (κ2) is 9.84. The van der Waals surface area contributed by atoms with Crippen molar-refractivity contribution in [2.75, 3.05) is 32.4 Å². The number of carbonyl (C=O) groups excluding carboxylic acids is 1. The van der Waals surface area contributed by atoms with Crippen molar-refractivity contribution < 1.29 is 19.0 Å². The Hall–Kier alpha value is -3.46. The number of nitrogens with zero attached hydrogens (tertiary/aromatic N) is 2. The molecule has 0 aliphatic heterocycles. The molecular formula is C21H21N3O5S. The quantitative estimate of drug-likeness (QED) is 0.553. The van der Waals surface area contributed by atoms with Gasteiger partial charge in [-0.25, -0.2) is 4.98 Å². The summed E-state index contributed by atoms with van der Waals surface area (Å²) in [6.07, 6.45) is 3.11. The minimum atomic E-state index is -0.303. The third-order valence-corrected chi connectivity index (χ3v) is 5.14. The minimum absolute atomic E-state index is 0.0179. The Morgan fingerprint density at radius 3 is 2.40 bits per heavy atom. The average Bonchev–Trinajstić information content (AvgIpc) is 2.78. The van der Waals surface area contributed by atoms with Gasteiger partial charge in [-0.3, -0.25) is 14.2 Å². The molecule has 2 aromatic carbocycles. The molecule has 8 nitrogen and oxygen atoms in total. The van der Waals surface area contributed by atoms with Gasteiger partial charge in [-0.15, -0.1) is 0 Å². The summed E-state index contributed by atoms with van der Waals surface area (Å²) in [5, 5.41) is 3.00. The Morgan fingerprint density at radius 1 is 1.03 bits per heavy atom. The van der Waals surface area contributed by atoms with Crippen molar-refractivity contribution in [2.24, 2.45) is 0 Å². The molecule has 0 fully saturated rings. The predicted molar refractivity (Wildman–Crippen MR) is 115 cm³/mol. The first kappa shape index (κ1) is 21.3. The lowest BCUT2D eigenvalue weighted by atomic mass is 10.2. The van der Waals surface area contributed by atoms with E-state index in [0.717, 1.165) is 11.8 Å². The van der Waals surface area contributed by atoms with Crippen LogP contribution in [0, 0.1) is 0 Å². The zero-order chi connectivity index (χ0) is 21.5. The lowest BCUT2D eigenvalue weighted by Gasteiger charge is -2.11. The number of methoxy groups -OCH3 is 3. The summed E-state index contributed by atoms with van der Waals surface area (Å²) in [4.78, 5) is 29.2. The van der Waals surface area contributed by atoms with Crippen LogP contribution in [0.15, 0.2) is 64.7 Å². The van der Waals surface area contributed by atoms with Gasteiger partial charge in [-0.1, -0.05) is 11.8 Å². The van der Waals surface area contributed by atoms with Crippen LogP contribution in [-0.2, 0) is 4.79 Å². The summed E-state index contributed by atoms with van der Waals surface area (Å²) >= 11 is 1.07. The van der Waals surface area contributed by atoms with Crippen LogP contribution in [-0.4, -0.2) is 42.5 Å². The molecule has 9 heteroatoms. The standard InChI is InChI=1S/C21H21N3O5S/c1-27-15-6-4-14(5-7-15)24-11-10-22-20(21(24)26)30-13-19(25)23-17-9-8-16(28-2)12-18(17)29-3/h4-12H,13H2,1-3H3,(H,23,25). The Kier molecular flexibility index (Phi) is 6.97. The van der Waals surface area contributed by atoms with E-state index in [1.54, 1.807) is 62.9 Å². The van der Waals surface area contributed by atoms with E-state index in [0.29, 0.717) is 28.6 Å². The van der Waals surface area contributed by atoms with Gasteiger partial charge in [-0.05, 0) is 36.4 Å². The van der Waals surface area contributed by atoms with Crippen molar-refractivity contribution in [1.82, 2.24) is 9.55 Å². The highest BCUT2D eigenvalue weighted by Crippen LogP contribution is 2.29. The second-order valence-electron chi connectivity index (χ2n) is 6.01. The molecular weight excluding hydrogens is 406 g/mol. The topological polar surface area (TPSA) is 91.7 Å². The van der Waals surface area contributed by atoms with Gasteiger partial charge in [0.1, 0.15) is 17.2 Å². The molecule has 1 heterocycles. The summed E-state index contributed by atoms with van der Waals surface area (Å²) in [6, 6.07) is 12.2. The molecule has 3 aromatic rings. The molecule has 0 aliphatic rings. The lowest BCUT2D eigenvalue weighted by Crippen LogP contribution is -2.22. The largest absolute Gasteiger partial charge is 0.497 e. The molecule has 0 aliphatic carbocycles. The molecule has 0 atom stereocenters. The molecule has 3 rings (SSSR count). The first-order chi connectivity index (χ1) is 14.5. The molecule has 0 unspecified atom stereocenters. The Balaban J connectivity index is 1.70. The predicted octanol–water partition coefficient (Wildman–Crippen LogP) is 2.99. The molecule has 156 valence electrons. The molecule has 30 heavy (non-hydrogen) atoms. The van der Waals surface area contributed by atoms with E-state index in [-0.39, 0.29) is 22.2 Å². The third-order valence-electron chi connectivity index (χ3n) is 4.18. The number of carbonyl (C=O) groups is 1. The van der Waals surface area contributed by atoms with Crippen LogP contribution in [0.25, 0.3) is 5.69 Å². The van der Waals surface area contributed by atoms with Crippen LogP contribution < -0.4 is 25.1 Å².